The number of morpholine rings is 1. The summed E-state index contributed by atoms with van der Waals surface area (Å²) in [6.07, 6.45) is 8.89. The monoisotopic (exact) mass is 281 g/mol. The van der Waals surface area contributed by atoms with E-state index in [1.165, 1.54) is 38.5 Å². The number of hydrogen-bond acceptors (Lipinski definition) is 3. The van der Waals surface area contributed by atoms with Gasteiger partial charge in [-0.3, -0.25) is 4.90 Å². The number of aliphatic hydroxyl groups excluding tert-OH is 1. The van der Waals surface area contributed by atoms with Crippen LogP contribution in [0.1, 0.15) is 58.8 Å². The van der Waals surface area contributed by atoms with Crippen LogP contribution in [0.5, 0.6) is 0 Å². The van der Waals surface area contributed by atoms with Crippen LogP contribution in [-0.2, 0) is 4.74 Å². The topological polar surface area (TPSA) is 32.7 Å². The Morgan fingerprint density at radius 1 is 1.20 bits per heavy atom. The third kappa shape index (κ3) is 3.20. The molecule has 3 fully saturated rings. The summed E-state index contributed by atoms with van der Waals surface area (Å²) in [6.45, 7) is 7.73. The lowest BCUT2D eigenvalue weighted by atomic mass is 9.70. The molecule has 3 heteroatoms. The van der Waals surface area contributed by atoms with Crippen LogP contribution in [0.2, 0.25) is 0 Å². The maximum atomic E-state index is 10.4. The fourth-order valence-corrected chi connectivity index (χ4v) is 4.61. The summed E-state index contributed by atoms with van der Waals surface area (Å²) >= 11 is 0. The van der Waals surface area contributed by atoms with Gasteiger partial charge in [0.25, 0.3) is 0 Å². The molecule has 1 aliphatic heterocycles. The van der Waals surface area contributed by atoms with Crippen molar-refractivity contribution < 1.29 is 9.84 Å². The average Bonchev–Trinajstić information content (AvgIpc) is 2.43. The van der Waals surface area contributed by atoms with Gasteiger partial charge < -0.3 is 9.84 Å². The lowest BCUT2D eigenvalue weighted by molar-refractivity contribution is -0.103. The molecule has 116 valence electrons. The van der Waals surface area contributed by atoms with E-state index < -0.39 is 0 Å². The second-order valence-corrected chi connectivity index (χ2v) is 7.99. The van der Waals surface area contributed by atoms with E-state index in [0.717, 1.165) is 26.1 Å². The molecule has 0 radical (unpaired) electrons. The largest absolute Gasteiger partial charge is 0.393 e. The highest BCUT2D eigenvalue weighted by Crippen LogP contribution is 2.40. The fourth-order valence-electron chi connectivity index (χ4n) is 4.61. The quantitative estimate of drug-likeness (QED) is 0.845. The van der Waals surface area contributed by atoms with Crippen LogP contribution >= 0.6 is 0 Å². The van der Waals surface area contributed by atoms with Gasteiger partial charge in [0, 0.05) is 19.1 Å². The van der Waals surface area contributed by atoms with E-state index in [1.807, 2.05) is 0 Å². The molecule has 3 nitrogen and oxygen atoms in total. The summed E-state index contributed by atoms with van der Waals surface area (Å²) in [5.41, 5.74) is 0.405. The fraction of sp³-hybridized carbons (Fsp3) is 1.00. The summed E-state index contributed by atoms with van der Waals surface area (Å²) in [4.78, 5) is 2.64. The Balaban J connectivity index is 1.63. The molecule has 1 N–H and O–H groups in total. The number of fused-ring (bicyclic) bond motifs is 1. The van der Waals surface area contributed by atoms with Gasteiger partial charge in [0.15, 0.2) is 0 Å². The molecule has 0 aromatic heterocycles. The van der Waals surface area contributed by atoms with Crippen molar-refractivity contribution in [2.75, 3.05) is 19.7 Å². The van der Waals surface area contributed by atoms with Crippen molar-refractivity contribution in [2.24, 2.45) is 11.3 Å². The molecule has 20 heavy (non-hydrogen) atoms. The van der Waals surface area contributed by atoms with E-state index in [1.54, 1.807) is 0 Å². The van der Waals surface area contributed by atoms with Gasteiger partial charge in [0.1, 0.15) is 0 Å². The van der Waals surface area contributed by atoms with Crippen LogP contribution < -0.4 is 0 Å². The first-order valence-electron chi connectivity index (χ1n) is 8.59. The van der Waals surface area contributed by atoms with E-state index in [2.05, 4.69) is 18.7 Å². The molecular weight excluding hydrogens is 250 g/mol. The summed E-state index contributed by atoms with van der Waals surface area (Å²) in [6, 6.07) is 0.620. The minimum Gasteiger partial charge on any atom is -0.393 e. The van der Waals surface area contributed by atoms with Crippen molar-refractivity contribution in [1.29, 1.82) is 0 Å². The number of aliphatic hydroxyl groups is 1. The highest BCUT2D eigenvalue weighted by molar-refractivity contribution is 4.92. The van der Waals surface area contributed by atoms with E-state index in [-0.39, 0.29) is 6.10 Å². The average molecular weight is 281 g/mol. The Bertz CT molecular complexity index is 329. The van der Waals surface area contributed by atoms with Crippen LogP contribution in [0.15, 0.2) is 0 Å². The Kier molecular flexibility index (Phi) is 4.40. The van der Waals surface area contributed by atoms with Crippen LogP contribution in [0.25, 0.3) is 0 Å². The van der Waals surface area contributed by atoms with E-state index in [9.17, 15) is 5.11 Å². The number of rotatable bonds is 2. The Labute approximate surface area is 123 Å². The standard InChI is InChI=1S/C17H31NO2/c1-17(2)8-7-15(19)13(11-17)12-18-9-10-20-16-6-4-3-5-14(16)18/h13-16,19H,3-12H2,1-2H3. The second kappa shape index (κ2) is 5.94. The predicted octanol–water partition coefficient (Wildman–Crippen LogP) is 2.82. The molecule has 1 saturated heterocycles. The molecule has 0 aromatic carbocycles. The maximum Gasteiger partial charge on any atom is 0.0730 e. The van der Waals surface area contributed by atoms with Gasteiger partial charge in [-0.05, 0) is 43.4 Å². The molecule has 3 rings (SSSR count). The van der Waals surface area contributed by atoms with Gasteiger partial charge in [-0.15, -0.1) is 0 Å². The lowest BCUT2D eigenvalue weighted by Crippen LogP contribution is -2.55. The molecule has 0 bridgehead atoms. The maximum absolute atomic E-state index is 10.4. The third-order valence-corrected chi connectivity index (χ3v) is 5.79. The van der Waals surface area contributed by atoms with Gasteiger partial charge in [-0.1, -0.05) is 26.7 Å². The predicted molar refractivity (Wildman–Crippen MR) is 80.7 cm³/mol. The van der Waals surface area contributed by atoms with Gasteiger partial charge >= 0.3 is 0 Å². The van der Waals surface area contributed by atoms with Crippen molar-refractivity contribution >= 4 is 0 Å². The first-order valence-corrected chi connectivity index (χ1v) is 8.59. The molecule has 0 aromatic rings. The Morgan fingerprint density at radius 3 is 2.85 bits per heavy atom. The van der Waals surface area contributed by atoms with Crippen molar-refractivity contribution in [3.8, 4) is 0 Å². The molecule has 0 amide bonds. The van der Waals surface area contributed by atoms with Crippen molar-refractivity contribution in [3.63, 3.8) is 0 Å². The molecular formula is C17H31NO2. The van der Waals surface area contributed by atoms with Crippen molar-refractivity contribution in [3.05, 3.63) is 0 Å². The van der Waals surface area contributed by atoms with E-state index in [0.29, 0.717) is 23.5 Å². The van der Waals surface area contributed by atoms with Crippen LogP contribution in [0.4, 0.5) is 0 Å². The highest BCUT2D eigenvalue weighted by atomic mass is 16.5. The summed E-state index contributed by atoms with van der Waals surface area (Å²) in [5.74, 6) is 0.458. The number of hydrogen-bond donors (Lipinski definition) is 1. The summed E-state index contributed by atoms with van der Waals surface area (Å²) in [7, 11) is 0. The zero-order valence-electron chi connectivity index (χ0n) is 13.2. The number of ether oxygens (including phenoxy) is 1. The van der Waals surface area contributed by atoms with Gasteiger partial charge in [0.05, 0.1) is 18.8 Å². The third-order valence-electron chi connectivity index (χ3n) is 5.79. The lowest BCUT2D eigenvalue weighted by Gasteiger charge is -2.47. The molecule has 2 saturated carbocycles. The van der Waals surface area contributed by atoms with Gasteiger partial charge in [0.2, 0.25) is 0 Å². The molecule has 1 heterocycles. The zero-order chi connectivity index (χ0) is 14.2. The van der Waals surface area contributed by atoms with E-state index >= 15 is 0 Å². The van der Waals surface area contributed by atoms with Gasteiger partial charge in [-0.25, -0.2) is 0 Å². The first kappa shape index (κ1) is 14.8. The SMILES string of the molecule is CC1(C)CCC(O)C(CN2CCOC3CCCCC32)C1. The summed E-state index contributed by atoms with van der Waals surface area (Å²) in [5, 5.41) is 10.4. The van der Waals surface area contributed by atoms with Crippen LogP contribution in [-0.4, -0.2) is 48.0 Å². The Morgan fingerprint density at radius 2 is 2.00 bits per heavy atom. The zero-order valence-corrected chi connectivity index (χ0v) is 13.2. The molecule has 4 atom stereocenters. The molecule has 2 aliphatic carbocycles. The molecule has 3 aliphatic rings. The van der Waals surface area contributed by atoms with Crippen LogP contribution in [0.3, 0.4) is 0 Å². The molecule has 4 unspecified atom stereocenters. The smallest absolute Gasteiger partial charge is 0.0730 e. The van der Waals surface area contributed by atoms with Crippen molar-refractivity contribution in [1.82, 2.24) is 4.90 Å². The minimum atomic E-state index is -0.0899. The number of nitrogens with zero attached hydrogens (tertiary/aromatic N) is 1. The van der Waals surface area contributed by atoms with E-state index in [4.69, 9.17) is 4.74 Å². The van der Waals surface area contributed by atoms with Crippen molar-refractivity contribution in [2.45, 2.75) is 77.0 Å². The Hall–Kier alpha value is -0.120. The highest BCUT2D eigenvalue weighted by Gasteiger charge is 2.39. The first-order chi connectivity index (χ1) is 9.55. The van der Waals surface area contributed by atoms with Crippen LogP contribution in [0, 0.1) is 11.3 Å². The van der Waals surface area contributed by atoms with Gasteiger partial charge in [-0.2, -0.15) is 0 Å². The summed E-state index contributed by atoms with van der Waals surface area (Å²) < 4.78 is 5.96. The normalized spacial score (nSPS) is 42.1. The molecule has 0 spiro atoms. The minimum absolute atomic E-state index is 0.0899. The second-order valence-electron chi connectivity index (χ2n) is 7.99.